The Morgan fingerprint density at radius 2 is 1.78 bits per heavy atom. The largest absolute Gasteiger partial charge is 0.222 e. The molecule has 0 saturated heterocycles. The highest BCUT2D eigenvalue weighted by Crippen LogP contribution is 2.38. The van der Waals surface area contributed by atoms with Crippen molar-refractivity contribution >= 4 is 56.1 Å². The van der Waals surface area contributed by atoms with E-state index >= 15 is 0 Å². The Morgan fingerprint density at radius 3 is 2.52 bits per heavy atom. The molecular weight excluding hydrogens is 367 g/mol. The van der Waals surface area contributed by atoms with Gasteiger partial charge in [0.25, 0.3) is 0 Å². The van der Waals surface area contributed by atoms with Gasteiger partial charge < -0.3 is 0 Å². The van der Waals surface area contributed by atoms with Gasteiger partial charge in [-0.05, 0) is 29.1 Å². The predicted molar refractivity (Wildman–Crippen MR) is 100.0 cm³/mol. The first-order chi connectivity index (χ1) is 11.2. The van der Waals surface area contributed by atoms with Crippen molar-refractivity contribution in [2.45, 2.75) is 6.42 Å². The van der Waals surface area contributed by atoms with Gasteiger partial charge in [-0.3, -0.25) is 0 Å². The number of aromatic nitrogens is 2. The van der Waals surface area contributed by atoms with Crippen LogP contribution in [0.2, 0.25) is 10.2 Å². The molecule has 0 aliphatic heterocycles. The molecule has 4 aromatic rings. The zero-order valence-electron chi connectivity index (χ0n) is 11.8. The topological polar surface area (TPSA) is 25.8 Å². The summed E-state index contributed by atoms with van der Waals surface area (Å²) in [6.45, 7) is 0. The molecule has 4 rings (SSSR count). The number of hydrogen-bond donors (Lipinski definition) is 0. The molecule has 6 heteroatoms. The molecule has 114 valence electrons. The molecule has 3 aromatic heterocycles. The number of rotatable bonds is 3. The lowest BCUT2D eigenvalue weighted by Crippen LogP contribution is -1.97. The molecule has 0 atom stereocenters. The summed E-state index contributed by atoms with van der Waals surface area (Å²) < 4.78 is 0. The van der Waals surface area contributed by atoms with Crippen LogP contribution in [0.15, 0.2) is 47.2 Å². The van der Waals surface area contributed by atoms with Gasteiger partial charge in [0.2, 0.25) is 0 Å². The van der Waals surface area contributed by atoms with E-state index in [1.807, 2.05) is 30.3 Å². The summed E-state index contributed by atoms with van der Waals surface area (Å²) in [4.78, 5) is 11.3. The Kier molecular flexibility index (Phi) is 4.07. The second-order valence-corrected chi connectivity index (χ2v) is 7.64. The summed E-state index contributed by atoms with van der Waals surface area (Å²) in [6, 6.07) is 11.8. The summed E-state index contributed by atoms with van der Waals surface area (Å²) in [5, 5.41) is 6.34. The van der Waals surface area contributed by atoms with Gasteiger partial charge in [-0.1, -0.05) is 41.4 Å². The van der Waals surface area contributed by atoms with Crippen LogP contribution in [0.5, 0.6) is 0 Å². The Hall–Kier alpha value is -1.46. The Morgan fingerprint density at radius 1 is 0.957 bits per heavy atom. The molecule has 0 aliphatic rings. The van der Waals surface area contributed by atoms with Gasteiger partial charge in [0.05, 0.1) is 5.39 Å². The third kappa shape index (κ3) is 3.00. The van der Waals surface area contributed by atoms with Gasteiger partial charge in [0, 0.05) is 27.3 Å². The van der Waals surface area contributed by atoms with Crippen molar-refractivity contribution in [3.05, 3.63) is 68.7 Å². The molecule has 0 bridgehead atoms. The molecule has 0 aliphatic carbocycles. The minimum Gasteiger partial charge on any atom is -0.222 e. The van der Waals surface area contributed by atoms with Crippen molar-refractivity contribution in [3.63, 3.8) is 0 Å². The zero-order chi connectivity index (χ0) is 15.8. The van der Waals surface area contributed by atoms with Gasteiger partial charge in [0.1, 0.15) is 15.8 Å². The van der Waals surface area contributed by atoms with Crippen LogP contribution in [0.25, 0.3) is 20.7 Å². The molecule has 0 saturated carbocycles. The predicted octanol–water partition coefficient (Wildman–Crippen LogP) is 6.32. The highest BCUT2D eigenvalue weighted by molar-refractivity contribution is 7.18. The lowest BCUT2D eigenvalue weighted by atomic mass is 10.1. The van der Waals surface area contributed by atoms with E-state index in [4.69, 9.17) is 23.2 Å². The van der Waals surface area contributed by atoms with Gasteiger partial charge >= 0.3 is 0 Å². The average Bonchev–Trinajstić information content (AvgIpc) is 3.18. The molecule has 0 amide bonds. The standard InChI is InChI=1S/C17H10Cl2N2S2/c18-11-5-3-10(4-6-11)8-14-20-16(19)15-12(9-23-17(15)21-14)13-2-1-7-22-13/h1-7,9H,8H2. The van der Waals surface area contributed by atoms with Crippen molar-refractivity contribution in [3.8, 4) is 10.4 Å². The molecule has 3 heterocycles. The van der Waals surface area contributed by atoms with Gasteiger partial charge in [-0.25, -0.2) is 9.97 Å². The third-order valence-corrected chi connectivity index (χ3v) is 5.80. The van der Waals surface area contributed by atoms with E-state index in [1.165, 1.54) is 4.88 Å². The third-order valence-electron chi connectivity index (χ3n) is 3.50. The highest BCUT2D eigenvalue weighted by Gasteiger charge is 2.14. The maximum absolute atomic E-state index is 6.46. The average molecular weight is 377 g/mol. The van der Waals surface area contributed by atoms with Crippen molar-refractivity contribution in [2.75, 3.05) is 0 Å². The van der Waals surface area contributed by atoms with Gasteiger partial charge in [0.15, 0.2) is 0 Å². The van der Waals surface area contributed by atoms with Crippen molar-refractivity contribution in [1.29, 1.82) is 0 Å². The van der Waals surface area contributed by atoms with Crippen LogP contribution in [0.3, 0.4) is 0 Å². The SMILES string of the molecule is Clc1ccc(Cc2nc(Cl)c3c(-c4cccs4)csc3n2)cc1. The molecule has 0 spiro atoms. The zero-order valence-corrected chi connectivity index (χ0v) is 14.9. The summed E-state index contributed by atoms with van der Waals surface area (Å²) >= 11 is 15.7. The van der Waals surface area contributed by atoms with Crippen molar-refractivity contribution < 1.29 is 0 Å². The normalized spacial score (nSPS) is 11.2. The molecule has 2 nitrogen and oxygen atoms in total. The maximum Gasteiger partial charge on any atom is 0.142 e. The minimum absolute atomic E-state index is 0.517. The fraction of sp³-hybridized carbons (Fsp3) is 0.0588. The van der Waals surface area contributed by atoms with Gasteiger partial charge in [-0.2, -0.15) is 0 Å². The molecule has 0 fully saturated rings. The van der Waals surface area contributed by atoms with E-state index in [9.17, 15) is 0 Å². The number of nitrogens with zero attached hydrogens (tertiary/aromatic N) is 2. The van der Waals surface area contributed by atoms with Crippen molar-refractivity contribution in [2.24, 2.45) is 0 Å². The van der Waals surface area contributed by atoms with E-state index in [0.29, 0.717) is 11.6 Å². The van der Waals surface area contributed by atoms with Crippen LogP contribution in [-0.4, -0.2) is 9.97 Å². The Labute approximate surface area is 151 Å². The van der Waals surface area contributed by atoms with E-state index in [1.54, 1.807) is 22.7 Å². The Bertz CT molecular complexity index is 960. The first-order valence-corrected chi connectivity index (χ1v) is 9.44. The van der Waals surface area contributed by atoms with Crippen LogP contribution < -0.4 is 0 Å². The number of halogens is 2. The van der Waals surface area contributed by atoms with E-state index in [2.05, 4.69) is 26.8 Å². The minimum atomic E-state index is 0.517. The molecule has 1 aromatic carbocycles. The molecule has 0 N–H and O–H groups in total. The summed E-state index contributed by atoms with van der Waals surface area (Å²) in [5.41, 5.74) is 2.22. The highest BCUT2D eigenvalue weighted by atomic mass is 35.5. The molecule has 0 unspecified atom stereocenters. The van der Waals surface area contributed by atoms with E-state index < -0.39 is 0 Å². The number of benzene rings is 1. The fourth-order valence-corrected chi connectivity index (χ4v) is 4.67. The molecular formula is C17H10Cl2N2S2. The number of thiophene rings is 2. The Balaban J connectivity index is 1.75. The summed E-state index contributed by atoms with van der Waals surface area (Å²) in [5.74, 6) is 0.726. The maximum atomic E-state index is 6.46. The van der Waals surface area contributed by atoms with E-state index in [0.717, 1.165) is 32.2 Å². The second-order valence-electron chi connectivity index (χ2n) is 5.04. The van der Waals surface area contributed by atoms with Gasteiger partial charge in [-0.15, -0.1) is 22.7 Å². The second kappa shape index (κ2) is 6.21. The lowest BCUT2D eigenvalue weighted by Gasteiger charge is -2.04. The van der Waals surface area contributed by atoms with Crippen LogP contribution in [-0.2, 0) is 6.42 Å². The molecule has 0 radical (unpaired) electrons. The summed E-state index contributed by atoms with van der Waals surface area (Å²) in [6.07, 6.45) is 0.638. The monoisotopic (exact) mass is 376 g/mol. The quantitative estimate of drug-likeness (QED) is 0.391. The smallest absolute Gasteiger partial charge is 0.142 e. The van der Waals surface area contributed by atoms with Crippen LogP contribution >= 0.6 is 45.9 Å². The first kappa shape index (κ1) is 15.1. The lowest BCUT2D eigenvalue weighted by molar-refractivity contribution is 0.997. The van der Waals surface area contributed by atoms with Crippen LogP contribution in [0.1, 0.15) is 11.4 Å². The summed E-state index contributed by atoms with van der Waals surface area (Å²) in [7, 11) is 0. The van der Waals surface area contributed by atoms with Crippen LogP contribution in [0.4, 0.5) is 0 Å². The molecule has 23 heavy (non-hydrogen) atoms. The fourth-order valence-electron chi connectivity index (χ4n) is 2.42. The van der Waals surface area contributed by atoms with Crippen molar-refractivity contribution in [1.82, 2.24) is 9.97 Å². The van der Waals surface area contributed by atoms with Crippen LogP contribution in [0, 0.1) is 0 Å². The number of fused-ring (bicyclic) bond motifs is 1. The first-order valence-electron chi connectivity index (χ1n) is 6.92. The number of hydrogen-bond acceptors (Lipinski definition) is 4. The van der Waals surface area contributed by atoms with E-state index in [-0.39, 0.29) is 0 Å².